The van der Waals surface area contributed by atoms with Gasteiger partial charge in [0.15, 0.2) is 0 Å². The lowest BCUT2D eigenvalue weighted by atomic mass is 10.1. The van der Waals surface area contributed by atoms with E-state index in [2.05, 4.69) is 22.9 Å². The second-order valence-electron chi connectivity index (χ2n) is 6.64. The lowest BCUT2D eigenvalue weighted by molar-refractivity contribution is -0.114. The number of anilines is 2. The van der Waals surface area contributed by atoms with E-state index >= 15 is 0 Å². The molecule has 0 aliphatic rings. The Hall–Kier alpha value is -3.02. The van der Waals surface area contributed by atoms with Crippen LogP contribution in [-0.4, -0.2) is 31.0 Å². The number of benzene rings is 2. The van der Waals surface area contributed by atoms with Crippen molar-refractivity contribution in [2.45, 2.75) is 39.7 Å². The van der Waals surface area contributed by atoms with Crippen LogP contribution in [-0.2, 0) is 4.79 Å². The van der Waals surface area contributed by atoms with E-state index in [-0.39, 0.29) is 24.4 Å². The van der Waals surface area contributed by atoms with E-state index in [9.17, 15) is 9.59 Å². The summed E-state index contributed by atoms with van der Waals surface area (Å²) < 4.78 is 5.59. The topological polar surface area (TPSA) is 79.5 Å². The highest BCUT2D eigenvalue weighted by molar-refractivity contribution is 5.98. The van der Waals surface area contributed by atoms with Gasteiger partial charge in [-0.25, -0.2) is 0 Å². The monoisotopic (exact) mass is 383 g/mol. The summed E-state index contributed by atoms with van der Waals surface area (Å²) in [4.78, 5) is 24.5. The van der Waals surface area contributed by atoms with E-state index in [1.165, 1.54) is 0 Å². The van der Waals surface area contributed by atoms with E-state index in [1.54, 1.807) is 24.3 Å². The van der Waals surface area contributed by atoms with E-state index in [0.29, 0.717) is 17.9 Å². The van der Waals surface area contributed by atoms with Crippen LogP contribution in [0.2, 0.25) is 0 Å². The summed E-state index contributed by atoms with van der Waals surface area (Å²) in [7, 11) is 0. The Bertz CT molecular complexity index is 792. The van der Waals surface area contributed by atoms with Crippen molar-refractivity contribution in [3.63, 3.8) is 0 Å². The van der Waals surface area contributed by atoms with Crippen LogP contribution in [0.15, 0.2) is 48.5 Å². The Morgan fingerprint density at radius 2 is 1.79 bits per heavy atom. The molecule has 0 aliphatic heterocycles. The van der Waals surface area contributed by atoms with E-state index in [0.717, 1.165) is 24.3 Å². The minimum Gasteiger partial charge on any atom is -0.494 e. The largest absolute Gasteiger partial charge is 0.494 e. The van der Waals surface area contributed by atoms with Gasteiger partial charge >= 0.3 is 0 Å². The molecule has 150 valence electrons. The molecule has 2 aromatic carbocycles. The fraction of sp³-hybridized carbons (Fsp3) is 0.364. The zero-order valence-electron chi connectivity index (χ0n) is 16.7. The summed E-state index contributed by atoms with van der Waals surface area (Å²) in [6, 6.07) is 14.5. The second kappa shape index (κ2) is 11.0. The average molecular weight is 383 g/mol. The lowest BCUT2D eigenvalue weighted by Crippen LogP contribution is -2.32. The number of ether oxygens (including phenoxy) is 1. The second-order valence-corrected chi connectivity index (χ2v) is 6.64. The standard InChI is InChI=1S/C22H29N3O3/c1-4-12-28-20-11-7-9-18(14-20)23-15-21(26)25-19-10-6-8-17(13-19)22(27)24-16(3)5-2/h6-11,13-14,16,23H,4-5,12,15H2,1-3H3,(H,24,27)(H,25,26). The first-order valence-corrected chi connectivity index (χ1v) is 9.69. The molecule has 0 saturated carbocycles. The van der Waals surface area contributed by atoms with Crippen molar-refractivity contribution < 1.29 is 14.3 Å². The van der Waals surface area contributed by atoms with Crippen molar-refractivity contribution in [3.8, 4) is 5.75 Å². The Kier molecular flexibility index (Phi) is 8.34. The maximum absolute atomic E-state index is 12.2. The van der Waals surface area contributed by atoms with Gasteiger partial charge in [0.1, 0.15) is 5.75 Å². The molecule has 0 bridgehead atoms. The van der Waals surface area contributed by atoms with Crippen molar-refractivity contribution in [1.29, 1.82) is 0 Å². The summed E-state index contributed by atoms with van der Waals surface area (Å²) in [5.74, 6) is 0.430. The highest BCUT2D eigenvalue weighted by Crippen LogP contribution is 2.17. The van der Waals surface area contributed by atoms with Gasteiger partial charge in [0.05, 0.1) is 13.2 Å². The fourth-order valence-corrected chi connectivity index (χ4v) is 2.45. The Balaban J connectivity index is 1.89. The minimum absolute atomic E-state index is 0.104. The zero-order chi connectivity index (χ0) is 20.4. The summed E-state index contributed by atoms with van der Waals surface area (Å²) in [5, 5.41) is 8.81. The number of hydrogen-bond donors (Lipinski definition) is 3. The first-order valence-electron chi connectivity index (χ1n) is 9.69. The van der Waals surface area contributed by atoms with Gasteiger partial charge in [0.2, 0.25) is 5.91 Å². The van der Waals surface area contributed by atoms with Crippen molar-refractivity contribution in [3.05, 3.63) is 54.1 Å². The molecule has 0 fully saturated rings. The Labute approximate surface area is 166 Å². The van der Waals surface area contributed by atoms with Crippen LogP contribution in [0, 0.1) is 0 Å². The molecule has 2 amide bonds. The highest BCUT2D eigenvalue weighted by atomic mass is 16.5. The van der Waals surface area contributed by atoms with Gasteiger partial charge in [-0.3, -0.25) is 9.59 Å². The molecular weight excluding hydrogens is 354 g/mol. The van der Waals surface area contributed by atoms with E-state index in [4.69, 9.17) is 4.74 Å². The molecule has 0 radical (unpaired) electrons. The molecule has 28 heavy (non-hydrogen) atoms. The van der Waals surface area contributed by atoms with Gasteiger partial charge < -0.3 is 20.7 Å². The minimum atomic E-state index is -0.195. The van der Waals surface area contributed by atoms with Gasteiger partial charge in [-0.1, -0.05) is 26.0 Å². The van der Waals surface area contributed by atoms with Crippen LogP contribution in [0.3, 0.4) is 0 Å². The SMILES string of the molecule is CCCOc1cccc(NCC(=O)Nc2cccc(C(=O)NC(C)CC)c2)c1. The number of amides is 2. The third kappa shape index (κ3) is 6.95. The third-order valence-corrected chi connectivity index (χ3v) is 4.16. The Morgan fingerprint density at radius 1 is 1.04 bits per heavy atom. The van der Waals surface area contributed by atoms with Crippen LogP contribution < -0.4 is 20.7 Å². The van der Waals surface area contributed by atoms with Gasteiger partial charge in [0, 0.05) is 29.0 Å². The molecule has 6 nitrogen and oxygen atoms in total. The molecule has 6 heteroatoms. The molecule has 1 atom stereocenters. The first-order chi connectivity index (χ1) is 13.5. The predicted octanol–water partition coefficient (Wildman–Crippen LogP) is 4.05. The van der Waals surface area contributed by atoms with Gasteiger partial charge in [-0.15, -0.1) is 0 Å². The molecule has 0 heterocycles. The summed E-state index contributed by atoms with van der Waals surface area (Å²) in [6.45, 7) is 6.79. The molecule has 1 unspecified atom stereocenters. The van der Waals surface area contributed by atoms with Gasteiger partial charge in [-0.05, 0) is 50.1 Å². The lowest BCUT2D eigenvalue weighted by Gasteiger charge is -2.13. The van der Waals surface area contributed by atoms with Crippen LogP contribution in [0.4, 0.5) is 11.4 Å². The molecule has 0 saturated heterocycles. The van der Waals surface area contributed by atoms with Crippen molar-refractivity contribution in [2.75, 3.05) is 23.8 Å². The fourth-order valence-electron chi connectivity index (χ4n) is 2.45. The number of rotatable bonds is 10. The Morgan fingerprint density at radius 3 is 2.54 bits per heavy atom. The van der Waals surface area contributed by atoms with Crippen LogP contribution in [0.5, 0.6) is 5.75 Å². The van der Waals surface area contributed by atoms with Crippen molar-refractivity contribution in [1.82, 2.24) is 5.32 Å². The first kappa shape index (κ1) is 21.3. The van der Waals surface area contributed by atoms with E-state index < -0.39 is 0 Å². The summed E-state index contributed by atoms with van der Waals surface area (Å²) >= 11 is 0. The third-order valence-electron chi connectivity index (χ3n) is 4.16. The molecule has 0 aliphatic carbocycles. The molecule has 0 aromatic heterocycles. The van der Waals surface area contributed by atoms with Gasteiger partial charge in [0.25, 0.3) is 5.91 Å². The summed E-state index contributed by atoms with van der Waals surface area (Å²) in [5.41, 5.74) is 1.92. The number of hydrogen-bond acceptors (Lipinski definition) is 4. The molecule has 0 spiro atoms. The number of carbonyl (C=O) groups is 2. The van der Waals surface area contributed by atoms with Crippen molar-refractivity contribution >= 4 is 23.2 Å². The zero-order valence-corrected chi connectivity index (χ0v) is 16.7. The van der Waals surface area contributed by atoms with Crippen LogP contribution in [0.1, 0.15) is 44.0 Å². The van der Waals surface area contributed by atoms with Crippen LogP contribution >= 0.6 is 0 Å². The smallest absolute Gasteiger partial charge is 0.251 e. The number of carbonyl (C=O) groups excluding carboxylic acids is 2. The average Bonchev–Trinajstić information content (AvgIpc) is 2.71. The normalized spacial score (nSPS) is 11.4. The maximum Gasteiger partial charge on any atom is 0.251 e. The quantitative estimate of drug-likeness (QED) is 0.578. The molecule has 3 N–H and O–H groups in total. The van der Waals surface area contributed by atoms with E-state index in [1.807, 2.05) is 38.1 Å². The molecule has 2 aromatic rings. The summed E-state index contributed by atoms with van der Waals surface area (Å²) in [6.07, 6.45) is 1.80. The molecule has 2 rings (SSSR count). The highest BCUT2D eigenvalue weighted by Gasteiger charge is 2.10. The maximum atomic E-state index is 12.2. The van der Waals surface area contributed by atoms with Crippen LogP contribution in [0.25, 0.3) is 0 Å². The van der Waals surface area contributed by atoms with Gasteiger partial charge in [-0.2, -0.15) is 0 Å². The molecular formula is C22H29N3O3. The van der Waals surface area contributed by atoms with Crippen molar-refractivity contribution in [2.24, 2.45) is 0 Å². The predicted molar refractivity (Wildman–Crippen MR) is 113 cm³/mol. The number of nitrogens with one attached hydrogen (secondary N) is 3.